The largest absolute Gasteiger partial charge is 0.459 e. The van der Waals surface area contributed by atoms with Crippen LogP contribution in [0.4, 0.5) is 4.79 Å². The molecule has 1 aromatic heterocycles. The van der Waals surface area contributed by atoms with Crippen molar-refractivity contribution in [3.8, 4) is 0 Å². The monoisotopic (exact) mass is 360 g/mol. The molecule has 0 bridgehead atoms. The van der Waals surface area contributed by atoms with E-state index in [1.165, 1.54) is 11.2 Å². The fourth-order valence-corrected chi connectivity index (χ4v) is 4.63. The summed E-state index contributed by atoms with van der Waals surface area (Å²) in [5, 5.41) is 3.08. The minimum absolute atomic E-state index is 0.0621. The van der Waals surface area contributed by atoms with Gasteiger partial charge in [0.25, 0.3) is 5.91 Å². The van der Waals surface area contributed by atoms with Crippen molar-refractivity contribution in [1.29, 1.82) is 0 Å². The van der Waals surface area contributed by atoms with Crippen LogP contribution in [0, 0.1) is 5.92 Å². The average Bonchev–Trinajstić information content (AvgIpc) is 3.27. The summed E-state index contributed by atoms with van der Waals surface area (Å²) in [6, 6.07) is 2.84. The summed E-state index contributed by atoms with van der Waals surface area (Å²) in [7, 11) is 0. The Morgan fingerprint density at radius 3 is 2.54 bits per heavy atom. The molecule has 8 nitrogen and oxygen atoms in total. The highest BCUT2D eigenvalue weighted by Gasteiger charge is 2.50. The third-order valence-electron chi connectivity index (χ3n) is 6.02. The molecule has 1 unspecified atom stereocenters. The van der Waals surface area contributed by atoms with Gasteiger partial charge in [0, 0.05) is 31.2 Å². The number of rotatable bonds is 3. The lowest BCUT2D eigenvalue weighted by atomic mass is 9.92. The van der Waals surface area contributed by atoms with Crippen molar-refractivity contribution in [3.05, 3.63) is 24.2 Å². The van der Waals surface area contributed by atoms with Gasteiger partial charge in [-0.1, -0.05) is 12.8 Å². The Bertz CT molecular complexity index is 705. The standard InChI is InChI=1S/C18H24N4O4/c19-17(25)21-9-12(10-21)15(23)20-13-8-18(5-1-2-6-18)22(11-13)16(24)14-4-3-7-26-14/h3-4,7,12-13H,1-2,5-6,8-11H2,(H2,19,25)(H,20,23). The highest BCUT2D eigenvalue weighted by Crippen LogP contribution is 2.44. The van der Waals surface area contributed by atoms with Crippen LogP contribution in [0.3, 0.4) is 0 Å². The van der Waals surface area contributed by atoms with Crippen molar-refractivity contribution in [1.82, 2.24) is 15.1 Å². The maximum atomic E-state index is 12.9. The highest BCUT2D eigenvalue weighted by atomic mass is 16.3. The number of hydrogen-bond donors (Lipinski definition) is 2. The number of nitrogens with zero attached hydrogens (tertiary/aromatic N) is 2. The molecule has 3 aliphatic rings. The third kappa shape index (κ3) is 2.83. The van der Waals surface area contributed by atoms with Crippen LogP contribution in [0.2, 0.25) is 0 Å². The Morgan fingerprint density at radius 2 is 1.92 bits per heavy atom. The first-order valence-corrected chi connectivity index (χ1v) is 9.19. The number of hydrogen-bond acceptors (Lipinski definition) is 4. The van der Waals surface area contributed by atoms with Crippen molar-refractivity contribution in [2.24, 2.45) is 11.7 Å². The Morgan fingerprint density at radius 1 is 1.19 bits per heavy atom. The Hall–Kier alpha value is -2.51. The lowest BCUT2D eigenvalue weighted by Crippen LogP contribution is -2.58. The molecular formula is C18H24N4O4. The van der Waals surface area contributed by atoms with E-state index in [9.17, 15) is 14.4 Å². The topological polar surface area (TPSA) is 109 Å². The van der Waals surface area contributed by atoms with E-state index in [0.29, 0.717) is 25.4 Å². The molecule has 140 valence electrons. The molecule has 0 aromatic carbocycles. The van der Waals surface area contributed by atoms with E-state index in [0.717, 1.165) is 32.1 Å². The van der Waals surface area contributed by atoms with Crippen molar-refractivity contribution < 1.29 is 18.8 Å². The Kier molecular flexibility index (Phi) is 4.13. The van der Waals surface area contributed by atoms with Gasteiger partial charge in [-0.05, 0) is 31.4 Å². The summed E-state index contributed by atoms with van der Waals surface area (Å²) in [5.41, 5.74) is 5.02. The second kappa shape index (κ2) is 6.34. The van der Waals surface area contributed by atoms with Gasteiger partial charge in [-0.15, -0.1) is 0 Å². The molecule has 3 N–H and O–H groups in total. The van der Waals surface area contributed by atoms with Crippen LogP contribution in [0.25, 0.3) is 0 Å². The summed E-state index contributed by atoms with van der Waals surface area (Å²) < 4.78 is 5.30. The number of urea groups is 1. The fourth-order valence-electron chi connectivity index (χ4n) is 4.63. The summed E-state index contributed by atoms with van der Waals surface area (Å²) >= 11 is 0. The number of carbonyl (C=O) groups excluding carboxylic acids is 3. The van der Waals surface area contributed by atoms with Gasteiger partial charge in [0.05, 0.1) is 12.2 Å². The van der Waals surface area contributed by atoms with Gasteiger partial charge in [-0.3, -0.25) is 9.59 Å². The van der Waals surface area contributed by atoms with E-state index in [-0.39, 0.29) is 29.3 Å². The number of primary amides is 1. The number of likely N-dealkylation sites (tertiary alicyclic amines) is 2. The highest BCUT2D eigenvalue weighted by molar-refractivity contribution is 5.92. The number of nitrogens with one attached hydrogen (secondary N) is 1. The molecule has 4 rings (SSSR count). The molecule has 4 amide bonds. The molecule has 1 aliphatic carbocycles. The van der Waals surface area contributed by atoms with Crippen LogP contribution in [0.15, 0.2) is 22.8 Å². The zero-order chi connectivity index (χ0) is 18.3. The number of carbonyl (C=O) groups is 3. The minimum atomic E-state index is -0.491. The van der Waals surface area contributed by atoms with Crippen LogP contribution in [-0.2, 0) is 4.79 Å². The lowest BCUT2D eigenvalue weighted by molar-refractivity contribution is -0.129. The summed E-state index contributed by atoms with van der Waals surface area (Å²) in [5.74, 6) is -0.0265. The fraction of sp³-hybridized carbons (Fsp3) is 0.611. The first-order chi connectivity index (χ1) is 12.5. The summed E-state index contributed by atoms with van der Waals surface area (Å²) in [4.78, 5) is 39.7. The van der Waals surface area contributed by atoms with Crippen LogP contribution in [0.5, 0.6) is 0 Å². The molecule has 3 fully saturated rings. The van der Waals surface area contributed by atoms with Gasteiger partial charge in [-0.2, -0.15) is 0 Å². The smallest absolute Gasteiger partial charge is 0.314 e. The van der Waals surface area contributed by atoms with Gasteiger partial charge in [0.2, 0.25) is 5.91 Å². The van der Waals surface area contributed by atoms with E-state index in [1.807, 2.05) is 4.90 Å². The molecule has 1 spiro atoms. The van der Waals surface area contributed by atoms with Gasteiger partial charge in [-0.25, -0.2) is 4.79 Å². The SMILES string of the molecule is NC(=O)N1CC(C(=O)NC2CN(C(=O)c3ccco3)C3(CCCC3)C2)C1. The average molecular weight is 360 g/mol. The van der Waals surface area contributed by atoms with Gasteiger partial charge < -0.3 is 25.3 Å². The number of nitrogens with two attached hydrogens (primary N) is 1. The molecule has 3 heterocycles. The summed E-state index contributed by atoms with van der Waals surface area (Å²) in [6.45, 7) is 1.24. The van der Waals surface area contributed by atoms with Crippen molar-refractivity contribution in [3.63, 3.8) is 0 Å². The third-order valence-corrected chi connectivity index (χ3v) is 6.02. The molecule has 2 aliphatic heterocycles. The van der Waals surface area contributed by atoms with Crippen LogP contribution in [-0.4, -0.2) is 58.9 Å². The maximum absolute atomic E-state index is 12.9. The zero-order valence-electron chi connectivity index (χ0n) is 14.6. The first-order valence-electron chi connectivity index (χ1n) is 9.19. The molecule has 26 heavy (non-hydrogen) atoms. The van der Waals surface area contributed by atoms with Crippen molar-refractivity contribution in [2.75, 3.05) is 19.6 Å². The zero-order valence-corrected chi connectivity index (χ0v) is 14.6. The normalized spacial score (nSPS) is 24.7. The van der Waals surface area contributed by atoms with E-state index >= 15 is 0 Å². The Labute approximate surface area is 151 Å². The van der Waals surface area contributed by atoms with Crippen LogP contribution >= 0.6 is 0 Å². The van der Waals surface area contributed by atoms with Crippen LogP contribution < -0.4 is 11.1 Å². The first kappa shape index (κ1) is 16.9. The Balaban J connectivity index is 1.42. The molecule has 1 atom stereocenters. The van der Waals surface area contributed by atoms with Gasteiger partial charge in [0.15, 0.2) is 5.76 Å². The molecule has 1 aromatic rings. The predicted octanol–water partition coefficient (Wildman–Crippen LogP) is 0.934. The predicted molar refractivity (Wildman–Crippen MR) is 92.1 cm³/mol. The van der Waals surface area contributed by atoms with Crippen LogP contribution in [0.1, 0.15) is 42.7 Å². The maximum Gasteiger partial charge on any atom is 0.314 e. The minimum Gasteiger partial charge on any atom is -0.459 e. The second-order valence-corrected chi connectivity index (χ2v) is 7.67. The molecule has 0 radical (unpaired) electrons. The van der Waals surface area contributed by atoms with E-state index < -0.39 is 6.03 Å². The number of furan rings is 1. The van der Waals surface area contributed by atoms with Gasteiger partial charge in [0.1, 0.15) is 0 Å². The van der Waals surface area contributed by atoms with E-state index in [4.69, 9.17) is 10.2 Å². The quantitative estimate of drug-likeness (QED) is 0.836. The van der Waals surface area contributed by atoms with E-state index in [1.54, 1.807) is 12.1 Å². The summed E-state index contributed by atoms with van der Waals surface area (Å²) in [6.07, 6.45) is 6.40. The number of amides is 4. The lowest BCUT2D eigenvalue weighted by Gasteiger charge is -2.37. The van der Waals surface area contributed by atoms with Crippen molar-refractivity contribution in [2.45, 2.75) is 43.7 Å². The molecule has 8 heteroatoms. The molecule has 1 saturated carbocycles. The van der Waals surface area contributed by atoms with E-state index in [2.05, 4.69) is 5.32 Å². The molecule has 2 saturated heterocycles. The van der Waals surface area contributed by atoms with Gasteiger partial charge >= 0.3 is 6.03 Å². The van der Waals surface area contributed by atoms with Crippen molar-refractivity contribution >= 4 is 17.8 Å². The second-order valence-electron chi connectivity index (χ2n) is 7.67. The molecular weight excluding hydrogens is 336 g/mol.